The first-order valence-electron chi connectivity index (χ1n) is 7.38. The molecule has 3 heterocycles. The smallest absolute Gasteiger partial charge is 0.129 e. The molecule has 1 N–H and O–H groups in total. The van der Waals surface area contributed by atoms with Crippen molar-refractivity contribution >= 4 is 11.3 Å². The second-order valence-corrected chi connectivity index (χ2v) is 6.40. The molecule has 114 valence electrons. The third-order valence-corrected chi connectivity index (χ3v) is 4.79. The van der Waals surface area contributed by atoms with Crippen LogP contribution in [0.25, 0.3) is 0 Å². The topological polar surface area (TPSA) is 45.8 Å². The molecule has 1 aliphatic rings. The Morgan fingerprint density at radius 3 is 3.14 bits per heavy atom. The summed E-state index contributed by atoms with van der Waals surface area (Å²) in [5.41, 5.74) is 0. The van der Waals surface area contributed by atoms with Gasteiger partial charge in [0.1, 0.15) is 12.4 Å². The zero-order chi connectivity index (χ0) is 14.5. The van der Waals surface area contributed by atoms with Crippen molar-refractivity contribution in [3.05, 3.63) is 46.5 Å². The molecule has 1 aliphatic heterocycles. The highest BCUT2D eigenvalue weighted by atomic mass is 32.1. The molecule has 1 saturated heterocycles. The van der Waals surface area contributed by atoms with Gasteiger partial charge in [-0.25, -0.2) is 0 Å². The molecule has 0 saturated carbocycles. The predicted octanol–water partition coefficient (Wildman–Crippen LogP) is 3.06. The van der Waals surface area contributed by atoms with Crippen molar-refractivity contribution in [3.8, 4) is 0 Å². The van der Waals surface area contributed by atoms with Crippen LogP contribution in [0.15, 0.2) is 40.3 Å². The molecular weight excluding hydrogens is 286 g/mol. The van der Waals surface area contributed by atoms with E-state index in [0.717, 1.165) is 12.3 Å². The van der Waals surface area contributed by atoms with Crippen LogP contribution in [0.2, 0.25) is 0 Å². The van der Waals surface area contributed by atoms with E-state index in [-0.39, 0.29) is 0 Å². The summed E-state index contributed by atoms with van der Waals surface area (Å²) < 4.78 is 10.7. The quantitative estimate of drug-likeness (QED) is 0.854. The molecule has 1 fully saturated rings. The standard InChI is InChI=1S/C16H21NO3S/c18-13(11-19-12-14-4-2-8-20-14)10-17-7-1-5-15(17)16-6-3-9-21-16/h2-4,6,8-9,13,15,18H,1,5,7,10-12H2/t13-,15-/m1/s1. The molecule has 0 unspecified atom stereocenters. The SMILES string of the molecule is O[C@@H](COCc1ccco1)CN1CCC[C@@H]1c1cccs1. The second-order valence-electron chi connectivity index (χ2n) is 5.42. The Bertz CT molecular complexity index is 512. The van der Waals surface area contributed by atoms with Crippen LogP contribution in [-0.4, -0.2) is 35.8 Å². The normalized spacial score (nSPS) is 20.9. The lowest BCUT2D eigenvalue weighted by Gasteiger charge is -2.26. The van der Waals surface area contributed by atoms with Crippen molar-refractivity contribution in [2.24, 2.45) is 0 Å². The number of nitrogens with zero attached hydrogens (tertiary/aromatic N) is 1. The highest BCUT2D eigenvalue weighted by Crippen LogP contribution is 2.34. The molecule has 0 amide bonds. The van der Waals surface area contributed by atoms with Crippen molar-refractivity contribution in [1.82, 2.24) is 4.90 Å². The molecular formula is C16H21NO3S. The Kier molecular flexibility index (Phi) is 5.08. The van der Waals surface area contributed by atoms with E-state index >= 15 is 0 Å². The van der Waals surface area contributed by atoms with Gasteiger partial charge in [-0.05, 0) is 43.0 Å². The molecule has 2 aromatic rings. The van der Waals surface area contributed by atoms with Crippen molar-refractivity contribution in [2.45, 2.75) is 31.6 Å². The maximum absolute atomic E-state index is 10.2. The molecule has 0 aliphatic carbocycles. The minimum absolute atomic E-state index is 0.342. The fourth-order valence-electron chi connectivity index (χ4n) is 2.86. The van der Waals surface area contributed by atoms with Gasteiger partial charge in [0, 0.05) is 17.5 Å². The number of rotatable bonds is 7. The van der Waals surface area contributed by atoms with Gasteiger partial charge in [-0.15, -0.1) is 11.3 Å². The molecule has 5 heteroatoms. The fraction of sp³-hybridized carbons (Fsp3) is 0.500. The van der Waals surface area contributed by atoms with Crippen LogP contribution in [-0.2, 0) is 11.3 Å². The lowest BCUT2D eigenvalue weighted by molar-refractivity contribution is 0.00326. The Labute approximate surface area is 129 Å². The van der Waals surface area contributed by atoms with Crippen LogP contribution in [0, 0.1) is 0 Å². The third-order valence-electron chi connectivity index (χ3n) is 3.82. The highest BCUT2D eigenvalue weighted by molar-refractivity contribution is 7.10. The van der Waals surface area contributed by atoms with Gasteiger partial charge in [0.25, 0.3) is 0 Å². The lowest BCUT2D eigenvalue weighted by atomic mass is 10.2. The third kappa shape index (κ3) is 3.95. The van der Waals surface area contributed by atoms with Gasteiger partial charge in [0.2, 0.25) is 0 Å². The zero-order valence-corrected chi connectivity index (χ0v) is 12.8. The number of thiophene rings is 1. The van der Waals surface area contributed by atoms with Gasteiger partial charge in [-0.3, -0.25) is 4.90 Å². The first-order chi connectivity index (χ1) is 10.3. The molecule has 2 atom stereocenters. The Balaban J connectivity index is 1.44. The summed E-state index contributed by atoms with van der Waals surface area (Å²) in [5.74, 6) is 0.792. The number of β-amino-alcohol motifs (C(OH)–C–C–N with tert-alkyl or cyclic N) is 1. The molecule has 0 bridgehead atoms. The van der Waals surface area contributed by atoms with E-state index in [1.54, 1.807) is 17.6 Å². The van der Waals surface area contributed by atoms with Crippen molar-refractivity contribution in [2.75, 3.05) is 19.7 Å². The molecule has 0 radical (unpaired) electrons. The minimum atomic E-state index is -0.458. The van der Waals surface area contributed by atoms with Crippen molar-refractivity contribution in [3.63, 3.8) is 0 Å². The molecule has 0 spiro atoms. The van der Waals surface area contributed by atoms with E-state index in [1.165, 1.54) is 17.7 Å². The highest BCUT2D eigenvalue weighted by Gasteiger charge is 2.28. The van der Waals surface area contributed by atoms with Crippen LogP contribution in [0.4, 0.5) is 0 Å². The summed E-state index contributed by atoms with van der Waals surface area (Å²) in [4.78, 5) is 3.77. The summed E-state index contributed by atoms with van der Waals surface area (Å²) in [5, 5.41) is 12.3. The van der Waals surface area contributed by atoms with E-state index in [4.69, 9.17) is 9.15 Å². The van der Waals surface area contributed by atoms with Crippen molar-refractivity contribution < 1.29 is 14.3 Å². The molecule has 2 aromatic heterocycles. The Morgan fingerprint density at radius 2 is 2.38 bits per heavy atom. The van der Waals surface area contributed by atoms with Gasteiger partial charge in [-0.2, -0.15) is 0 Å². The maximum Gasteiger partial charge on any atom is 0.129 e. The molecule has 3 rings (SSSR count). The van der Waals surface area contributed by atoms with Gasteiger partial charge in [0.05, 0.1) is 19.0 Å². The molecule has 21 heavy (non-hydrogen) atoms. The maximum atomic E-state index is 10.2. The van der Waals surface area contributed by atoms with Crippen LogP contribution in [0.1, 0.15) is 29.5 Å². The summed E-state index contributed by atoms with van der Waals surface area (Å²) in [6.45, 7) is 2.48. The number of furan rings is 1. The first kappa shape index (κ1) is 14.8. The van der Waals surface area contributed by atoms with Gasteiger partial charge in [0.15, 0.2) is 0 Å². The number of likely N-dealkylation sites (tertiary alicyclic amines) is 1. The Morgan fingerprint density at radius 1 is 1.43 bits per heavy atom. The zero-order valence-electron chi connectivity index (χ0n) is 12.0. The van der Waals surface area contributed by atoms with E-state index in [2.05, 4.69) is 22.4 Å². The summed E-state index contributed by atoms with van der Waals surface area (Å²) in [7, 11) is 0. The van der Waals surface area contributed by atoms with E-state index < -0.39 is 6.10 Å². The van der Waals surface area contributed by atoms with Crippen LogP contribution >= 0.6 is 11.3 Å². The van der Waals surface area contributed by atoms with Gasteiger partial charge >= 0.3 is 0 Å². The summed E-state index contributed by atoms with van der Waals surface area (Å²) >= 11 is 1.80. The van der Waals surface area contributed by atoms with Gasteiger partial charge < -0.3 is 14.3 Å². The number of ether oxygens (including phenoxy) is 1. The minimum Gasteiger partial charge on any atom is -0.467 e. The van der Waals surface area contributed by atoms with Gasteiger partial charge in [-0.1, -0.05) is 6.07 Å². The van der Waals surface area contributed by atoms with Crippen molar-refractivity contribution in [1.29, 1.82) is 0 Å². The number of aliphatic hydroxyl groups is 1. The predicted molar refractivity (Wildman–Crippen MR) is 82.2 cm³/mol. The number of hydrogen-bond donors (Lipinski definition) is 1. The van der Waals surface area contributed by atoms with E-state index in [1.807, 2.05) is 12.1 Å². The largest absolute Gasteiger partial charge is 0.467 e. The monoisotopic (exact) mass is 307 g/mol. The van der Waals surface area contributed by atoms with E-state index in [0.29, 0.717) is 25.8 Å². The summed E-state index contributed by atoms with van der Waals surface area (Å²) in [6.07, 6.45) is 3.55. The fourth-order valence-corrected chi connectivity index (χ4v) is 3.76. The average Bonchev–Trinajstić information content (AvgIpc) is 3.20. The molecule has 4 nitrogen and oxygen atoms in total. The van der Waals surface area contributed by atoms with Crippen LogP contribution < -0.4 is 0 Å². The Hall–Kier alpha value is -1.14. The number of aliphatic hydroxyl groups excluding tert-OH is 1. The second kappa shape index (κ2) is 7.22. The first-order valence-corrected chi connectivity index (χ1v) is 8.26. The van der Waals surface area contributed by atoms with E-state index in [9.17, 15) is 5.11 Å². The average molecular weight is 307 g/mol. The molecule has 0 aromatic carbocycles. The van der Waals surface area contributed by atoms with Crippen LogP contribution in [0.3, 0.4) is 0 Å². The van der Waals surface area contributed by atoms with Crippen LogP contribution in [0.5, 0.6) is 0 Å². The lowest BCUT2D eigenvalue weighted by Crippen LogP contribution is -2.34. The number of hydrogen-bond acceptors (Lipinski definition) is 5. The summed E-state index contributed by atoms with van der Waals surface area (Å²) in [6, 6.07) is 8.46.